The van der Waals surface area contributed by atoms with Gasteiger partial charge in [0.1, 0.15) is 0 Å². The Bertz CT molecular complexity index is 3560. The molecule has 12 rings (SSSR count). The van der Waals surface area contributed by atoms with Crippen LogP contribution in [-0.2, 0) is 0 Å². The standard InChI is InChI=1S/C53H32N4S/c1-2-12-33(13-3-1)34-22-24-36(25-23-34)51-54-52(39-26-28-43-42-19-9-11-21-48(42)58-49(43)32-39)56-53(55-51)50-40-17-7-6-14-35(40)27-29-46(50)57-45-20-10-8-18-41(45)44-30-37-15-4-5-16-38(37)31-47(44)57/h1-32H. The summed E-state index contributed by atoms with van der Waals surface area (Å²) in [6, 6.07) is 69.2. The Morgan fingerprint density at radius 3 is 1.74 bits per heavy atom. The second-order valence-electron chi connectivity index (χ2n) is 14.8. The summed E-state index contributed by atoms with van der Waals surface area (Å²) in [6.07, 6.45) is 0. The van der Waals surface area contributed by atoms with Crippen molar-refractivity contribution in [2.75, 3.05) is 0 Å². The van der Waals surface area contributed by atoms with E-state index in [1.807, 2.05) is 6.07 Å². The maximum Gasteiger partial charge on any atom is 0.166 e. The Labute approximate surface area is 338 Å². The summed E-state index contributed by atoms with van der Waals surface area (Å²) < 4.78 is 4.88. The fourth-order valence-corrected chi connectivity index (χ4v) is 9.79. The predicted octanol–water partition coefficient (Wildman–Crippen LogP) is 14.3. The molecule has 270 valence electrons. The summed E-state index contributed by atoms with van der Waals surface area (Å²) in [4.78, 5) is 16.1. The van der Waals surface area contributed by atoms with E-state index in [1.54, 1.807) is 11.3 Å². The van der Waals surface area contributed by atoms with Gasteiger partial charge in [-0.3, -0.25) is 0 Å². The number of fused-ring (bicyclic) bond motifs is 8. The zero-order valence-corrected chi connectivity index (χ0v) is 32.0. The van der Waals surface area contributed by atoms with Gasteiger partial charge in [0.05, 0.1) is 22.3 Å². The van der Waals surface area contributed by atoms with Gasteiger partial charge < -0.3 is 4.57 Å². The average molecular weight is 757 g/mol. The summed E-state index contributed by atoms with van der Waals surface area (Å²) in [7, 11) is 0. The number of nitrogens with zero attached hydrogens (tertiary/aromatic N) is 4. The minimum atomic E-state index is 0.627. The van der Waals surface area contributed by atoms with Gasteiger partial charge in [0, 0.05) is 42.1 Å². The van der Waals surface area contributed by atoms with Crippen LogP contribution in [-0.4, -0.2) is 19.5 Å². The van der Waals surface area contributed by atoms with Gasteiger partial charge >= 0.3 is 0 Å². The van der Waals surface area contributed by atoms with Crippen molar-refractivity contribution in [1.82, 2.24) is 19.5 Å². The minimum absolute atomic E-state index is 0.627. The zero-order valence-electron chi connectivity index (χ0n) is 31.2. The summed E-state index contributed by atoms with van der Waals surface area (Å²) in [6.45, 7) is 0. The van der Waals surface area contributed by atoms with Crippen molar-refractivity contribution < 1.29 is 0 Å². The Morgan fingerprint density at radius 1 is 0.328 bits per heavy atom. The van der Waals surface area contributed by atoms with E-state index in [1.165, 1.54) is 47.3 Å². The number of rotatable bonds is 5. The molecule has 0 aliphatic carbocycles. The molecule has 0 saturated carbocycles. The van der Waals surface area contributed by atoms with E-state index < -0.39 is 0 Å². The molecule has 0 amide bonds. The zero-order chi connectivity index (χ0) is 38.2. The van der Waals surface area contributed by atoms with Crippen molar-refractivity contribution >= 4 is 74.9 Å². The highest BCUT2D eigenvalue weighted by atomic mass is 32.1. The molecule has 58 heavy (non-hydrogen) atoms. The van der Waals surface area contributed by atoms with E-state index in [-0.39, 0.29) is 0 Å². The second kappa shape index (κ2) is 13.1. The van der Waals surface area contributed by atoms with E-state index in [4.69, 9.17) is 15.0 Å². The maximum absolute atomic E-state index is 5.43. The van der Waals surface area contributed by atoms with Crippen LogP contribution in [0.15, 0.2) is 194 Å². The van der Waals surface area contributed by atoms with Crippen LogP contribution < -0.4 is 0 Å². The highest BCUT2D eigenvalue weighted by Gasteiger charge is 2.22. The monoisotopic (exact) mass is 756 g/mol. The molecule has 3 aromatic heterocycles. The first kappa shape index (κ1) is 32.7. The molecular formula is C53H32N4S. The number of para-hydroxylation sites is 1. The molecule has 0 spiro atoms. The maximum atomic E-state index is 5.43. The molecule has 0 unspecified atom stereocenters. The van der Waals surface area contributed by atoms with E-state index in [9.17, 15) is 0 Å². The molecule has 9 aromatic carbocycles. The van der Waals surface area contributed by atoms with E-state index in [2.05, 4.69) is 193 Å². The third-order valence-corrected chi connectivity index (χ3v) is 12.6. The van der Waals surface area contributed by atoms with Crippen LogP contribution in [0, 0.1) is 0 Å². The summed E-state index contributed by atoms with van der Waals surface area (Å²) in [5.41, 5.74) is 8.44. The number of benzene rings is 9. The SMILES string of the molecule is c1ccc(-c2ccc(-c3nc(-c4ccc5c(c4)sc4ccccc45)nc(-c4c(-n5c6ccccc6c6cc7ccccc7cc65)ccc5ccccc45)n3)cc2)cc1. The molecule has 3 heterocycles. The van der Waals surface area contributed by atoms with Crippen molar-refractivity contribution in [2.24, 2.45) is 0 Å². The molecule has 0 atom stereocenters. The molecule has 0 aliphatic rings. The van der Waals surface area contributed by atoms with Crippen molar-refractivity contribution in [1.29, 1.82) is 0 Å². The van der Waals surface area contributed by atoms with Crippen LogP contribution in [0.2, 0.25) is 0 Å². The van der Waals surface area contributed by atoms with Crippen molar-refractivity contribution in [3.8, 4) is 51.0 Å². The molecule has 12 aromatic rings. The van der Waals surface area contributed by atoms with Crippen LogP contribution in [0.25, 0.3) is 115 Å². The van der Waals surface area contributed by atoms with Gasteiger partial charge in [-0.05, 0) is 69.1 Å². The van der Waals surface area contributed by atoms with Crippen LogP contribution in [0.4, 0.5) is 0 Å². The van der Waals surface area contributed by atoms with Gasteiger partial charge in [0.15, 0.2) is 17.5 Å². The highest BCUT2D eigenvalue weighted by Crippen LogP contribution is 2.42. The fraction of sp³-hybridized carbons (Fsp3) is 0. The van der Waals surface area contributed by atoms with Gasteiger partial charge in [0.2, 0.25) is 0 Å². The molecule has 0 saturated heterocycles. The lowest BCUT2D eigenvalue weighted by Crippen LogP contribution is -2.04. The van der Waals surface area contributed by atoms with Gasteiger partial charge in [0.25, 0.3) is 0 Å². The third kappa shape index (κ3) is 5.25. The Kier molecular flexibility index (Phi) is 7.37. The van der Waals surface area contributed by atoms with Crippen LogP contribution >= 0.6 is 11.3 Å². The largest absolute Gasteiger partial charge is 0.308 e. The first-order valence-electron chi connectivity index (χ1n) is 19.5. The van der Waals surface area contributed by atoms with Crippen molar-refractivity contribution in [3.63, 3.8) is 0 Å². The van der Waals surface area contributed by atoms with E-state index in [0.717, 1.165) is 49.7 Å². The number of hydrogen-bond acceptors (Lipinski definition) is 4. The average Bonchev–Trinajstić information content (AvgIpc) is 3.83. The number of aromatic nitrogens is 4. The van der Waals surface area contributed by atoms with Gasteiger partial charge in [-0.2, -0.15) is 0 Å². The molecule has 0 radical (unpaired) electrons. The lowest BCUT2D eigenvalue weighted by atomic mass is 10.0. The normalized spacial score (nSPS) is 11.8. The first-order chi connectivity index (χ1) is 28.7. The number of hydrogen-bond donors (Lipinski definition) is 0. The van der Waals surface area contributed by atoms with Crippen molar-refractivity contribution in [2.45, 2.75) is 0 Å². The van der Waals surface area contributed by atoms with Crippen LogP contribution in [0.3, 0.4) is 0 Å². The second-order valence-corrected chi connectivity index (χ2v) is 15.9. The Hall–Kier alpha value is -7.47. The van der Waals surface area contributed by atoms with E-state index in [0.29, 0.717) is 17.5 Å². The lowest BCUT2D eigenvalue weighted by Gasteiger charge is -2.17. The summed E-state index contributed by atoms with van der Waals surface area (Å²) in [5.74, 6) is 1.89. The molecule has 0 aliphatic heterocycles. The molecule has 0 fully saturated rings. The smallest absolute Gasteiger partial charge is 0.166 e. The van der Waals surface area contributed by atoms with Crippen molar-refractivity contribution in [3.05, 3.63) is 194 Å². The highest BCUT2D eigenvalue weighted by molar-refractivity contribution is 7.25. The summed E-state index contributed by atoms with van der Waals surface area (Å²) in [5, 5.41) is 9.53. The number of thiophene rings is 1. The quantitative estimate of drug-likeness (QED) is 0.176. The molecule has 0 N–H and O–H groups in total. The van der Waals surface area contributed by atoms with Crippen LogP contribution in [0.1, 0.15) is 0 Å². The minimum Gasteiger partial charge on any atom is -0.308 e. The Morgan fingerprint density at radius 2 is 0.914 bits per heavy atom. The topological polar surface area (TPSA) is 43.6 Å². The predicted molar refractivity (Wildman–Crippen MR) is 244 cm³/mol. The fourth-order valence-electron chi connectivity index (χ4n) is 8.65. The van der Waals surface area contributed by atoms with Crippen LogP contribution in [0.5, 0.6) is 0 Å². The molecular weight excluding hydrogens is 725 g/mol. The first-order valence-corrected chi connectivity index (χ1v) is 20.3. The van der Waals surface area contributed by atoms with Gasteiger partial charge in [-0.1, -0.05) is 158 Å². The summed E-state index contributed by atoms with van der Waals surface area (Å²) >= 11 is 1.80. The molecule has 0 bridgehead atoms. The van der Waals surface area contributed by atoms with E-state index >= 15 is 0 Å². The lowest BCUT2D eigenvalue weighted by molar-refractivity contribution is 1.07. The molecule has 4 nitrogen and oxygen atoms in total. The Balaban J connectivity index is 1.14. The third-order valence-electron chi connectivity index (χ3n) is 11.4. The van der Waals surface area contributed by atoms with Gasteiger partial charge in [-0.25, -0.2) is 15.0 Å². The van der Waals surface area contributed by atoms with Gasteiger partial charge in [-0.15, -0.1) is 11.3 Å². The molecule has 5 heteroatoms.